The highest BCUT2D eigenvalue weighted by Gasteiger charge is 2.43. The van der Waals surface area contributed by atoms with Gasteiger partial charge in [0.1, 0.15) is 0 Å². The van der Waals surface area contributed by atoms with Crippen LogP contribution < -0.4 is 31.1 Å². The van der Waals surface area contributed by atoms with Gasteiger partial charge in [-0.3, -0.25) is 0 Å². The van der Waals surface area contributed by atoms with Crippen LogP contribution >= 0.6 is 0 Å². The average molecular weight is 722 g/mol. The third-order valence-electron chi connectivity index (χ3n) is 11.8. The van der Waals surface area contributed by atoms with Crippen molar-refractivity contribution in [3.63, 3.8) is 0 Å². The standard InChI is InChI=1S/C52H44BN3/c1-35(2)37-21-26-42(27-22-37)54(43-28-23-38(24-29-43)36(3)4)45-31-32-47-51(34-45)55(41-15-6-5-7-16-41)49-19-12-20-50-52(49)53(47)46-17-10-11-18-48(46)56(50)44-30-25-39-13-8-9-14-40(39)33-44/h5-36H,1-4H3. The molecule has 0 radical (unpaired) electrons. The number of fused-ring (bicyclic) bond motifs is 5. The summed E-state index contributed by atoms with van der Waals surface area (Å²) in [6, 6.07) is 67.6. The van der Waals surface area contributed by atoms with Crippen molar-refractivity contribution in [3.05, 3.63) is 193 Å². The highest BCUT2D eigenvalue weighted by atomic mass is 15.2. The van der Waals surface area contributed by atoms with Crippen LogP contribution in [0.4, 0.5) is 51.2 Å². The molecule has 0 saturated carbocycles. The second-order valence-corrected chi connectivity index (χ2v) is 15.8. The molecule has 2 aliphatic heterocycles. The molecule has 0 bridgehead atoms. The highest BCUT2D eigenvalue weighted by molar-refractivity contribution is 7.00. The molecule has 270 valence electrons. The number of para-hydroxylation sites is 2. The van der Waals surface area contributed by atoms with Gasteiger partial charge in [-0.1, -0.05) is 131 Å². The molecule has 2 heterocycles. The van der Waals surface area contributed by atoms with Gasteiger partial charge in [0.2, 0.25) is 0 Å². The van der Waals surface area contributed by atoms with E-state index in [1.54, 1.807) is 0 Å². The maximum Gasteiger partial charge on any atom is 0.252 e. The van der Waals surface area contributed by atoms with E-state index >= 15 is 0 Å². The number of rotatable bonds is 7. The quantitative estimate of drug-likeness (QED) is 0.152. The molecule has 3 nitrogen and oxygen atoms in total. The fourth-order valence-corrected chi connectivity index (χ4v) is 8.92. The molecule has 0 aliphatic carbocycles. The molecular weight excluding hydrogens is 677 g/mol. The Hall–Kier alpha value is -6.52. The first kappa shape index (κ1) is 34.0. The van der Waals surface area contributed by atoms with Crippen LogP contribution in [0.5, 0.6) is 0 Å². The Labute approximate surface area is 331 Å². The number of hydrogen-bond donors (Lipinski definition) is 0. The summed E-state index contributed by atoms with van der Waals surface area (Å²) in [6.07, 6.45) is 0. The summed E-state index contributed by atoms with van der Waals surface area (Å²) >= 11 is 0. The van der Waals surface area contributed by atoms with Crippen LogP contribution in [0.1, 0.15) is 50.7 Å². The van der Waals surface area contributed by atoms with Gasteiger partial charge < -0.3 is 14.7 Å². The lowest BCUT2D eigenvalue weighted by molar-refractivity contribution is 0.866. The predicted molar refractivity (Wildman–Crippen MR) is 241 cm³/mol. The Kier molecular flexibility index (Phi) is 8.29. The first-order valence-corrected chi connectivity index (χ1v) is 19.9. The lowest BCUT2D eigenvalue weighted by atomic mass is 9.33. The topological polar surface area (TPSA) is 9.72 Å². The lowest BCUT2D eigenvalue weighted by Crippen LogP contribution is -2.61. The van der Waals surface area contributed by atoms with Gasteiger partial charge in [0.05, 0.1) is 0 Å². The van der Waals surface area contributed by atoms with E-state index < -0.39 is 0 Å². The molecule has 2 aliphatic rings. The van der Waals surface area contributed by atoms with E-state index in [0.29, 0.717) is 11.8 Å². The SMILES string of the molecule is CC(C)c1ccc(N(c2ccc(C(C)C)cc2)c2ccc3c(c2)N(c2ccccc2)c2cccc4c2B3c2ccccc2N4c2ccc3ccccc3c2)cc1. The van der Waals surface area contributed by atoms with Gasteiger partial charge in [0.25, 0.3) is 6.71 Å². The predicted octanol–water partition coefficient (Wildman–Crippen LogP) is 12.6. The third kappa shape index (κ3) is 5.59. The smallest absolute Gasteiger partial charge is 0.252 e. The van der Waals surface area contributed by atoms with Gasteiger partial charge in [-0.05, 0) is 129 Å². The minimum atomic E-state index is 0.0576. The van der Waals surface area contributed by atoms with Crippen molar-refractivity contribution in [2.45, 2.75) is 39.5 Å². The zero-order valence-electron chi connectivity index (χ0n) is 32.4. The fourth-order valence-electron chi connectivity index (χ4n) is 8.92. The van der Waals surface area contributed by atoms with Gasteiger partial charge >= 0.3 is 0 Å². The van der Waals surface area contributed by atoms with Crippen LogP contribution in [0.3, 0.4) is 0 Å². The second-order valence-electron chi connectivity index (χ2n) is 15.8. The average Bonchev–Trinajstić information content (AvgIpc) is 3.24. The molecule has 56 heavy (non-hydrogen) atoms. The van der Waals surface area contributed by atoms with Crippen LogP contribution in [0.25, 0.3) is 10.8 Å². The summed E-state index contributed by atoms with van der Waals surface area (Å²) in [7, 11) is 0. The van der Waals surface area contributed by atoms with E-state index in [4.69, 9.17) is 0 Å². The summed E-state index contributed by atoms with van der Waals surface area (Å²) in [5.41, 5.74) is 17.2. The number of benzene rings is 8. The molecule has 4 heteroatoms. The first-order chi connectivity index (χ1) is 27.4. The van der Waals surface area contributed by atoms with Crippen LogP contribution in [-0.4, -0.2) is 6.71 Å². The van der Waals surface area contributed by atoms with Crippen LogP contribution in [0.15, 0.2) is 182 Å². The van der Waals surface area contributed by atoms with E-state index in [1.165, 1.54) is 61.0 Å². The molecule has 10 rings (SSSR count). The van der Waals surface area contributed by atoms with Gasteiger partial charge in [-0.15, -0.1) is 0 Å². The summed E-state index contributed by atoms with van der Waals surface area (Å²) in [6.45, 7) is 9.08. The van der Waals surface area contributed by atoms with E-state index in [-0.39, 0.29) is 6.71 Å². The summed E-state index contributed by atoms with van der Waals surface area (Å²) < 4.78 is 0. The van der Waals surface area contributed by atoms with E-state index in [2.05, 4.69) is 224 Å². The first-order valence-electron chi connectivity index (χ1n) is 19.9. The van der Waals surface area contributed by atoms with Crippen molar-refractivity contribution in [1.82, 2.24) is 0 Å². The number of anilines is 9. The Morgan fingerprint density at radius 1 is 0.393 bits per heavy atom. The van der Waals surface area contributed by atoms with Crippen LogP contribution in [0.2, 0.25) is 0 Å². The van der Waals surface area contributed by atoms with E-state index in [9.17, 15) is 0 Å². The number of nitrogens with zero attached hydrogens (tertiary/aromatic N) is 3. The minimum Gasteiger partial charge on any atom is -0.311 e. The number of hydrogen-bond acceptors (Lipinski definition) is 3. The highest BCUT2D eigenvalue weighted by Crippen LogP contribution is 2.46. The molecule has 0 unspecified atom stereocenters. The Morgan fingerprint density at radius 2 is 0.929 bits per heavy atom. The maximum absolute atomic E-state index is 2.49. The van der Waals surface area contributed by atoms with Crippen molar-refractivity contribution in [3.8, 4) is 0 Å². The molecule has 8 aromatic carbocycles. The van der Waals surface area contributed by atoms with Crippen LogP contribution in [0, 0.1) is 0 Å². The molecular formula is C52H44BN3. The Morgan fingerprint density at radius 3 is 1.59 bits per heavy atom. The van der Waals surface area contributed by atoms with Crippen molar-refractivity contribution >= 4 is 85.1 Å². The van der Waals surface area contributed by atoms with Crippen molar-refractivity contribution < 1.29 is 0 Å². The largest absolute Gasteiger partial charge is 0.311 e. The lowest BCUT2D eigenvalue weighted by Gasteiger charge is -2.44. The van der Waals surface area contributed by atoms with Crippen LogP contribution in [-0.2, 0) is 0 Å². The third-order valence-corrected chi connectivity index (χ3v) is 11.8. The maximum atomic E-state index is 2.49. The minimum absolute atomic E-state index is 0.0576. The molecule has 0 fully saturated rings. The fraction of sp³-hybridized carbons (Fsp3) is 0.115. The molecule has 0 saturated heterocycles. The molecule has 8 aromatic rings. The Balaban J connectivity index is 1.19. The molecule has 0 atom stereocenters. The zero-order chi connectivity index (χ0) is 37.9. The molecule has 0 N–H and O–H groups in total. The van der Waals surface area contributed by atoms with Crippen molar-refractivity contribution in [2.24, 2.45) is 0 Å². The normalized spacial score (nSPS) is 12.9. The zero-order valence-corrected chi connectivity index (χ0v) is 32.4. The van der Waals surface area contributed by atoms with Crippen molar-refractivity contribution in [2.75, 3.05) is 14.7 Å². The van der Waals surface area contributed by atoms with Gasteiger partial charge in [-0.25, -0.2) is 0 Å². The molecule has 0 amide bonds. The molecule has 0 spiro atoms. The summed E-state index contributed by atoms with van der Waals surface area (Å²) in [5, 5.41) is 2.48. The van der Waals surface area contributed by atoms with Gasteiger partial charge in [0.15, 0.2) is 0 Å². The summed E-state index contributed by atoms with van der Waals surface area (Å²) in [4.78, 5) is 7.38. The van der Waals surface area contributed by atoms with Gasteiger partial charge in [-0.2, -0.15) is 0 Å². The van der Waals surface area contributed by atoms with Crippen molar-refractivity contribution in [1.29, 1.82) is 0 Å². The molecule has 0 aromatic heterocycles. The van der Waals surface area contributed by atoms with Gasteiger partial charge in [0, 0.05) is 51.2 Å². The second kappa shape index (κ2) is 13.7. The van der Waals surface area contributed by atoms with E-state index in [1.807, 2.05) is 0 Å². The monoisotopic (exact) mass is 721 g/mol. The van der Waals surface area contributed by atoms with E-state index in [0.717, 1.165) is 28.4 Å². The summed E-state index contributed by atoms with van der Waals surface area (Å²) in [5.74, 6) is 0.929. The Bertz CT molecular complexity index is 2670.